The minimum absolute atomic E-state index is 0.234. The predicted octanol–water partition coefficient (Wildman–Crippen LogP) is 2.56. The highest BCUT2D eigenvalue weighted by atomic mass is 19.4. The van der Waals surface area contributed by atoms with E-state index in [1.165, 1.54) is 20.4 Å². The molecule has 0 aromatic carbocycles. The number of hydrogen-bond acceptors (Lipinski definition) is 4. The Morgan fingerprint density at radius 2 is 2.08 bits per heavy atom. The zero-order valence-corrected chi connectivity index (χ0v) is 13.3. The molecule has 24 heavy (non-hydrogen) atoms. The molecule has 0 spiro atoms. The Hall–Kier alpha value is -2.25. The lowest BCUT2D eigenvalue weighted by molar-refractivity contribution is -0.159. The number of allylic oxidation sites excluding steroid dienone is 4. The number of esters is 1. The molecule has 2 atom stereocenters. The van der Waals surface area contributed by atoms with Gasteiger partial charge < -0.3 is 14.4 Å². The predicted molar refractivity (Wildman–Crippen MR) is 78.3 cm³/mol. The molecule has 0 aromatic rings. The summed E-state index contributed by atoms with van der Waals surface area (Å²) in [6.07, 6.45) is 1.69. The van der Waals surface area contributed by atoms with Crippen molar-refractivity contribution >= 4 is 11.9 Å². The Labute approximate surface area is 137 Å². The first kappa shape index (κ1) is 18.1. The van der Waals surface area contributed by atoms with Crippen LogP contribution in [0.1, 0.15) is 12.8 Å². The molecule has 8 heteroatoms. The number of alkyl halides is 3. The molecule has 1 amide bonds. The zero-order valence-electron chi connectivity index (χ0n) is 13.3. The molecule has 0 aromatic heterocycles. The van der Waals surface area contributed by atoms with Crippen LogP contribution in [-0.2, 0) is 19.1 Å². The van der Waals surface area contributed by atoms with E-state index in [4.69, 9.17) is 4.74 Å². The smallest absolute Gasteiger partial charge is 0.406 e. The quantitative estimate of drug-likeness (QED) is 0.735. The molecular weight excluding hydrogens is 327 g/mol. The minimum Gasteiger partial charge on any atom is -0.497 e. The molecule has 0 bridgehead atoms. The Balaban J connectivity index is 2.34. The number of ether oxygens (including phenoxy) is 2. The number of rotatable bonds is 4. The second kappa shape index (κ2) is 7.11. The van der Waals surface area contributed by atoms with Crippen LogP contribution >= 0.6 is 0 Å². The third kappa shape index (κ3) is 4.39. The fourth-order valence-electron chi connectivity index (χ4n) is 2.77. The maximum absolute atomic E-state index is 12.8. The summed E-state index contributed by atoms with van der Waals surface area (Å²) in [5.74, 6) is -2.01. The van der Waals surface area contributed by atoms with Crippen LogP contribution in [0.15, 0.2) is 35.8 Å². The number of carbonyl (C=O) groups excluding carboxylic acids is 2. The van der Waals surface area contributed by atoms with Gasteiger partial charge in [-0.1, -0.05) is 6.08 Å². The number of nitrogens with zero attached hydrogens (tertiary/aromatic N) is 1. The minimum atomic E-state index is -4.54. The lowest BCUT2D eigenvalue weighted by atomic mass is 9.85. The molecule has 132 valence electrons. The van der Waals surface area contributed by atoms with Gasteiger partial charge in [-0.25, -0.2) is 0 Å². The van der Waals surface area contributed by atoms with Crippen molar-refractivity contribution in [3.8, 4) is 0 Å². The highest BCUT2D eigenvalue weighted by Crippen LogP contribution is 2.34. The fraction of sp³-hybridized carbons (Fsp3) is 0.500. The van der Waals surface area contributed by atoms with Crippen LogP contribution in [0.4, 0.5) is 13.2 Å². The number of methoxy groups -OCH3 is 2. The van der Waals surface area contributed by atoms with E-state index in [2.05, 4.69) is 4.74 Å². The summed E-state index contributed by atoms with van der Waals surface area (Å²) in [5.41, 5.74) is 0.541. The highest BCUT2D eigenvalue weighted by Gasteiger charge is 2.38. The topological polar surface area (TPSA) is 55.8 Å². The third-order valence-corrected chi connectivity index (χ3v) is 3.93. The van der Waals surface area contributed by atoms with E-state index in [-0.39, 0.29) is 18.8 Å². The van der Waals surface area contributed by atoms with Gasteiger partial charge in [0.05, 0.1) is 20.6 Å². The van der Waals surface area contributed by atoms with Gasteiger partial charge in [0, 0.05) is 18.0 Å². The molecule has 1 unspecified atom stereocenters. The van der Waals surface area contributed by atoms with Gasteiger partial charge in [-0.15, -0.1) is 0 Å². The van der Waals surface area contributed by atoms with Gasteiger partial charge in [0.25, 0.3) is 0 Å². The molecular formula is C16H18F3NO4. The molecule has 5 nitrogen and oxygen atoms in total. The standard InChI is InChI=1S/C16H18F3NO4/c1-23-13-4-3-10-5-11(7-14(21)24-2)15(22)20(8-12(10)6-13)9-16(17,18)19/h3-4,6,8,10-11H,5,7,9H2,1-2H3/t10?,11-/m1/s1. The largest absolute Gasteiger partial charge is 0.497 e. The Morgan fingerprint density at radius 3 is 2.67 bits per heavy atom. The summed E-state index contributed by atoms with van der Waals surface area (Å²) in [6.45, 7) is -1.40. The molecule has 1 aliphatic heterocycles. The second-order valence-corrected chi connectivity index (χ2v) is 5.64. The van der Waals surface area contributed by atoms with E-state index in [9.17, 15) is 22.8 Å². The summed E-state index contributed by atoms with van der Waals surface area (Å²) in [7, 11) is 2.63. The molecule has 2 rings (SSSR count). The van der Waals surface area contributed by atoms with E-state index in [0.717, 1.165) is 0 Å². The maximum atomic E-state index is 12.8. The number of carbonyl (C=O) groups is 2. The van der Waals surface area contributed by atoms with Gasteiger partial charge in [-0.3, -0.25) is 9.59 Å². The van der Waals surface area contributed by atoms with Gasteiger partial charge in [-0.05, 0) is 24.1 Å². The first-order valence-electron chi connectivity index (χ1n) is 7.33. The fourth-order valence-corrected chi connectivity index (χ4v) is 2.77. The van der Waals surface area contributed by atoms with Crippen molar-refractivity contribution in [2.45, 2.75) is 19.0 Å². The van der Waals surface area contributed by atoms with Crippen LogP contribution in [0.3, 0.4) is 0 Å². The molecule has 1 aliphatic carbocycles. The monoisotopic (exact) mass is 345 g/mol. The first-order valence-corrected chi connectivity index (χ1v) is 7.33. The molecule has 0 saturated heterocycles. The van der Waals surface area contributed by atoms with Gasteiger partial charge in [0.1, 0.15) is 12.3 Å². The van der Waals surface area contributed by atoms with Crippen LogP contribution in [0.2, 0.25) is 0 Å². The van der Waals surface area contributed by atoms with Crippen molar-refractivity contribution in [3.63, 3.8) is 0 Å². The van der Waals surface area contributed by atoms with Crippen LogP contribution in [0, 0.1) is 11.8 Å². The summed E-state index contributed by atoms with van der Waals surface area (Å²) >= 11 is 0. The number of halogens is 3. The van der Waals surface area contributed by atoms with Gasteiger partial charge in [0.2, 0.25) is 5.91 Å². The maximum Gasteiger partial charge on any atom is 0.406 e. The van der Waals surface area contributed by atoms with E-state index in [1.54, 1.807) is 18.2 Å². The lowest BCUT2D eigenvalue weighted by Crippen LogP contribution is -2.38. The second-order valence-electron chi connectivity index (χ2n) is 5.64. The van der Waals surface area contributed by atoms with E-state index in [0.29, 0.717) is 16.2 Å². The van der Waals surface area contributed by atoms with Crippen molar-refractivity contribution in [2.24, 2.45) is 11.8 Å². The first-order chi connectivity index (χ1) is 11.2. The molecule has 1 heterocycles. The number of hydrogen-bond donors (Lipinski definition) is 0. The molecule has 2 aliphatic rings. The summed E-state index contributed by atoms with van der Waals surface area (Å²) < 4.78 is 48.0. The van der Waals surface area contributed by atoms with Crippen molar-refractivity contribution in [3.05, 3.63) is 35.8 Å². The summed E-state index contributed by atoms with van der Waals surface area (Å²) in [4.78, 5) is 24.6. The van der Waals surface area contributed by atoms with Gasteiger partial charge in [-0.2, -0.15) is 13.2 Å². The third-order valence-electron chi connectivity index (χ3n) is 3.93. The summed E-state index contributed by atoms with van der Waals surface area (Å²) in [5, 5.41) is 0. The Bertz CT molecular complexity index is 607. The van der Waals surface area contributed by atoms with Gasteiger partial charge >= 0.3 is 12.1 Å². The van der Waals surface area contributed by atoms with Crippen molar-refractivity contribution in [1.82, 2.24) is 4.90 Å². The normalized spacial score (nSPS) is 23.9. The van der Waals surface area contributed by atoms with E-state index in [1.807, 2.05) is 0 Å². The van der Waals surface area contributed by atoms with Crippen LogP contribution in [0.5, 0.6) is 0 Å². The van der Waals surface area contributed by atoms with Crippen molar-refractivity contribution < 1.29 is 32.2 Å². The number of fused-ring (bicyclic) bond motifs is 1. The van der Waals surface area contributed by atoms with Crippen molar-refractivity contribution in [2.75, 3.05) is 20.8 Å². The Morgan fingerprint density at radius 1 is 1.38 bits per heavy atom. The van der Waals surface area contributed by atoms with Crippen LogP contribution < -0.4 is 0 Å². The van der Waals surface area contributed by atoms with E-state index < -0.39 is 30.5 Å². The number of amides is 1. The average molecular weight is 345 g/mol. The van der Waals surface area contributed by atoms with Crippen LogP contribution in [-0.4, -0.2) is 43.7 Å². The van der Waals surface area contributed by atoms with E-state index >= 15 is 0 Å². The van der Waals surface area contributed by atoms with Gasteiger partial charge in [0.15, 0.2) is 0 Å². The van der Waals surface area contributed by atoms with Crippen LogP contribution in [0.25, 0.3) is 0 Å². The Kier molecular flexibility index (Phi) is 5.36. The molecule has 0 N–H and O–H groups in total. The van der Waals surface area contributed by atoms with Crippen molar-refractivity contribution in [1.29, 1.82) is 0 Å². The average Bonchev–Trinajstić information content (AvgIpc) is 2.63. The SMILES string of the molecule is COC(=O)C[C@H]1CC2C=CC(OC)=CC2=CN(CC(F)(F)F)C1=O. The molecule has 0 fully saturated rings. The summed E-state index contributed by atoms with van der Waals surface area (Å²) in [6, 6.07) is 0. The molecule has 0 saturated carbocycles. The highest BCUT2D eigenvalue weighted by molar-refractivity contribution is 5.85. The molecule has 0 radical (unpaired) electrons. The lowest BCUT2D eigenvalue weighted by Gasteiger charge is -2.23. The zero-order chi connectivity index (χ0) is 17.9.